The van der Waals surface area contributed by atoms with Crippen LogP contribution >= 0.6 is 0 Å². The molecule has 1 aromatic rings. The molecule has 0 aliphatic carbocycles. The van der Waals surface area contributed by atoms with Crippen molar-refractivity contribution in [3.8, 4) is 0 Å². The van der Waals surface area contributed by atoms with E-state index in [4.69, 9.17) is 9.15 Å². The first-order valence-corrected chi connectivity index (χ1v) is 10.4. The Hall–Kier alpha value is -1.93. The number of aryl methyl sites for hydroxylation is 1. The van der Waals surface area contributed by atoms with Crippen LogP contribution < -0.4 is 0 Å². The van der Waals surface area contributed by atoms with E-state index in [1.165, 1.54) is 6.39 Å². The molecule has 154 valence electrons. The molecule has 0 aromatic carbocycles. The Morgan fingerprint density at radius 3 is 2.46 bits per heavy atom. The Morgan fingerprint density at radius 2 is 1.79 bits per heavy atom. The summed E-state index contributed by atoms with van der Waals surface area (Å²) in [5.41, 5.74) is 0.646. The van der Waals surface area contributed by atoms with Crippen LogP contribution in [0.25, 0.3) is 0 Å². The second-order valence-electron chi connectivity index (χ2n) is 8.06. The minimum atomic E-state index is -0.0625. The van der Waals surface area contributed by atoms with Gasteiger partial charge in [0.05, 0.1) is 24.8 Å². The second kappa shape index (κ2) is 8.61. The van der Waals surface area contributed by atoms with Crippen LogP contribution in [0.4, 0.5) is 0 Å². The number of rotatable bonds is 3. The molecule has 3 fully saturated rings. The lowest BCUT2D eigenvalue weighted by Gasteiger charge is -2.42. The lowest BCUT2D eigenvalue weighted by Crippen LogP contribution is -2.53. The molecule has 0 radical (unpaired) electrons. The van der Waals surface area contributed by atoms with Crippen molar-refractivity contribution in [3.63, 3.8) is 0 Å². The van der Waals surface area contributed by atoms with E-state index in [0.717, 1.165) is 65.0 Å². The lowest BCUT2D eigenvalue weighted by molar-refractivity contribution is -0.141. The molecule has 0 N–H and O–H groups in total. The number of hydrogen-bond donors (Lipinski definition) is 0. The van der Waals surface area contributed by atoms with E-state index in [1.807, 2.05) is 9.80 Å². The van der Waals surface area contributed by atoms with Gasteiger partial charge in [-0.05, 0) is 39.2 Å². The predicted molar refractivity (Wildman–Crippen MR) is 102 cm³/mol. The summed E-state index contributed by atoms with van der Waals surface area (Å²) >= 11 is 0. The van der Waals surface area contributed by atoms with Gasteiger partial charge in [-0.25, -0.2) is 4.98 Å². The van der Waals surface area contributed by atoms with Gasteiger partial charge in [-0.3, -0.25) is 14.5 Å². The maximum absolute atomic E-state index is 12.9. The quantitative estimate of drug-likeness (QED) is 0.771. The van der Waals surface area contributed by atoms with Gasteiger partial charge in [-0.15, -0.1) is 0 Å². The maximum atomic E-state index is 12.9. The fourth-order valence-corrected chi connectivity index (χ4v) is 4.67. The van der Waals surface area contributed by atoms with E-state index in [2.05, 4.69) is 9.88 Å². The molecule has 4 rings (SSSR count). The number of carbonyl (C=O) groups is 2. The summed E-state index contributed by atoms with van der Waals surface area (Å²) in [7, 11) is 0. The van der Waals surface area contributed by atoms with Crippen molar-refractivity contribution in [3.05, 3.63) is 17.8 Å². The third-order valence-corrected chi connectivity index (χ3v) is 6.33. The normalized spacial score (nSPS) is 25.1. The second-order valence-corrected chi connectivity index (χ2v) is 8.06. The monoisotopic (exact) mass is 390 g/mol. The highest BCUT2D eigenvalue weighted by Crippen LogP contribution is 2.26. The van der Waals surface area contributed by atoms with Crippen molar-refractivity contribution in [2.75, 3.05) is 52.5 Å². The molecule has 4 heterocycles. The van der Waals surface area contributed by atoms with Crippen LogP contribution in [-0.2, 0) is 9.53 Å². The molecule has 8 heteroatoms. The van der Waals surface area contributed by atoms with E-state index >= 15 is 0 Å². The van der Waals surface area contributed by atoms with Gasteiger partial charge in [-0.1, -0.05) is 0 Å². The van der Waals surface area contributed by atoms with Crippen LogP contribution in [-0.4, -0.2) is 90.0 Å². The molecule has 3 saturated heterocycles. The van der Waals surface area contributed by atoms with Gasteiger partial charge >= 0.3 is 0 Å². The summed E-state index contributed by atoms with van der Waals surface area (Å²) < 4.78 is 10.6. The molecule has 0 unspecified atom stereocenters. The van der Waals surface area contributed by atoms with Crippen LogP contribution in [0.1, 0.15) is 41.9 Å². The number of ether oxygens (including phenoxy) is 1. The SMILES string of the molecule is Cc1ncoc1C(=O)N1CCC(N2CCC[C@H](C(=O)N3CCOCC3)C2)CC1. The first kappa shape index (κ1) is 19.4. The lowest BCUT2D eigenvalue weighted by atomic mass is 9.92. The zero-order chi connectivity index (χ0) is 19.5. The van der Waals surface area contributed by atoms with Crippen LogP contribution in [0.2, 0.25) is 0 Å². The highest BCUT2D eigenvalue weighted by Gasteiger charge is 2.35. The number of likely N-dealkylation sites (tertiary alicyclic amines) is 2. The van der Waals surface area contributed by atoms with E-state index in [-0.39, 0.29) is 11.8 Å². The molecule has 0 bridgehead atoms. The van der Waals surface area contributed by atoms with Crippen molar-refractivity contribution < 1.29 is 18.7 Å². The average Bonchev–Trinajstić information content (AvgIpc) is 3.19. The van der Waals surface area contributed by atoms with Crippen molar-refractivity contribution >= 4 is 11.8 Å². The highest BCUT2D eigenvalue weighted by atomic mass is 16.5. The minimum absolute atomic E-state index is 0.0625. The first-order chi connectivity index (χ1) is 13.6. The smallest absolute Gasteiger partial charge is 0.291 e. The van der Waals surface area contributed by atoms with Crippen molar-refractivity contribution in [2.24, 2.45) is 5.92 Å². The largest absolute Gasteiger partial charge is 0.438 e. The van der Waals surface area contributed by atoms with Gasteiger partial charge in [0, 0.05) is 38.8 Å². The average molecular weight is 390 g/mol. The minimum Gasteiger partial charge on any atom is -0.438 e. The summed E-state index contributed by atoms with van der Waals surface area (Å²) in [5, 5.41) is 0. The van der Waals surface area contributed by atoms with Gasteiger partial charge in [0.1, 0.15) is 0 Å². The van der Waals surface area contributed by atoms with E-state index < -0.39 is 0 Å². The van der Waals surface area contributed by atoms with Crippen molar-refractivity contribution in [1.82, 2.24) is 19.7 Å². The van der Waals surface area contributed by atoms with Gasteiger partial charge in [0.15, 0.2) is 6.39 Å². The third kappa shape index (κ3) is 4.07. The van der Waals surface area contributed by atoms with Crippen LogP contribution in [0.5, 0.6) is 0 Å². The highest BCUT2D eigenvalue weighted by molar-refractivity contribution is 5.92. The Kier molecular flexibility index (Phi) is 5.96. The maximum Gasteiger partial charge on any atom is 0.291 e. The standard InChI is InChI=1S/C20H30N4O4/c1-15-18(28-14-21-15)20(26)22-7-4-17(5-8-22)24-6-2-3-16(13-24)19(25)23-9-11-27-12-10-23/h14,16-17H,2-13H2,1H3/t16-/m0/s1. The summed E-state index contributed by atoms with van der Waals surface area (Å²) in [5.74, 6) is 0.685. The Morgan fingerprint density at radius 1 is 1.04 bits per heavy atom. The van der Waals surface area contributed by atoms with E-state index in [1.54, 1.807) is 6.92 Å². The molecule has 0 saturated carbocycles. The number of morpholine rings is 1. The Bertz CT molecular complexity index is 692. The molecule has 2 amide bonds. The third-order valence-electron chi connectivity index (χ3n) is 6.33. The molecular formula is C20H30N4O4. The first-order valence-electron chi connectivity index (χ1n) is 10.4. The predicted octanol–water partition coefficient (Wildman–Crippen LogP) is 1.16. The zero-order valence-electron chi connectivity index (χ0n) is 16.6. The Labute approximate surface area is 165 Å². The molecule has 0 spiro atoms. The van der Waals surface area contributed by atoms with Gasteiger partial charge in [-0.2, -0.15) is 0 Å². The molecule has 1 aromatic heterocycles. The number of amides is 2. The molecular weight excluding hydrogens is 360 g/mol. The van der Waals surface area contributed by atoms with Crippen molar-refractivity contribution in [2.45, 2.75) is 38.6 Å². The van der Waals surface area contributed by atoms with Crippen molar-refractivity contribution in [1.29, 1.82) is 0 Å². The van der Waals surface area contributed by atoms with Gasteiger partial charge < -0.3 is 19.0 Å². The summed E-state index contributed by atoms with van der Waals surface area (Å²) in [4.78, 5) is 35.8. The number of oxazole rings is 1. The molecule has 3 aliphatic rings. The number of piperidine rings is 2. The zero-order valence-corrected chi connectivity index (χ0v) is 16.6. The fraction of sp³-hybridized carbons (Fsp3) is 0.750. The molecule has 1 atom stereocenters. The molecule has 3 aliphatic heterocycles. The topological polar surface area (TPSA) is 79.1 Å². The molecule has 8 nitrogen and oxygen atoms in total. The molecule has 28 heavy (non-hydrogen) atoms. The summed E-state index contributed by atoms with van der Waals surface area (Å²) in [6, 6.07) is 0.445. The van der Waals surface area contributed by atoms with Gasteiger partial charge in [0.25, 0.3) is 5.91 Å². The van der Waals surface area contributed by atoms with Crippen LogP contribution in [0, 0.1) is 12.8 Å². The summed E-state index contributed by atoms with van der Waals surface area (Å²) in [6.07, 6.45) is 5.26. The Balaban J connectivity index is 1.30. The van der Waals surface area contributed by atoms with Crippen LogP contribution in [0.3, 0.4) is 0 Å². The van der Waals surface area contributed by atoms with E-state index in [9.17, 15) is 9.59 Å². The fourth-order valence-electron chi connectivity index (χ4n) is 4.67. The van der Waals surface area contributed by atoms with E-state index in [0.29, 0.717) is 36.6 Å². The number of aromatic nitrogens is 1. The van der Waals surface area contributed by atoms with Gasteiger partial charge in [0.2, 0.25) is 11.7 Å². The number of hydrogen-bond acceptors (Lipinski definition) is 6. The summed E-state index contributed by atoms with van der Waals surface area (Å²) in [6.45, 7) is 7.88. The van der Waals surface area contributed by atoms with Crippen LogP contribution in [0.15, 0.2) is 10.8 Å². The number of carbonyl (C=O) groups excluding carboxylic acids is 2. The number of nitrogens with zero attached hydrogens (tertiary/aromatic N) is 4.